The number of benzene rings is 2. The molecule has 0 bridgehead atoms. The highest BCUT2D eigenvalue weighted by Gasteiger charge is 2.06. The summed E-state index contributed by atoms with van der Waals surface area (Å²) in [7, 11) is 1.62. The molecule has 0 spiro atoms. The van der Waals surface area contributed by atoms with Crippen molar-refractivity contribution < 1.29 is 19.1 Å². The molecule has 8 nitrogen and oxygen atoms in total. The van der Waals surface area contributed by atoms with Crippen LogP contribution < -0.4 is 21.3 Å². The first-order valence-corrected chi connectivity index (χ1v) is 9.82. The summed E-state index contributed by atoms with van der Waals surface area (Å²) in [5.41, 5.74) is 2.61. The number of hydrogen-bond acceptors (Lipinski definition) is 5. The number of anilines is 3. The van der Waals surface area contributed by atoms with E-state index in [2.05, 4.69) is 21.3 Å². The van der Waals surface area contributed by atoms with Gasteiger partial charge in [-0.05, 0) is 55.0 Å². The first kappa shape index (κ1) is 22.9. The Hall–Kier alpha value is -3.39. The van der Waals surface area contributed by atoms with E-state index in [-0.39, 0.29) is 24.3 Å². The van der Waals surface area contributed by atoms with Gasteiger partial charge >= 0.3 is 0 Å². The Kier molecular flexibility index (Phi) is 9.33. The van der Waals surface area contributed by atoms with Crippen LogP contribution in [0.2, 0.25) is 0 Å². The van der Waals surface area contributed by atoms with E-state index in [1.807, 2.05) is 0 Å². The number of amides is 3. The third-order valence-electron chi connectivity index (χ3n) is 4.18. The van der Waals surface area contributed by atoms with Crippen LogP contribution in [-0.2, 0) is 14.3 Å². The molecule has 4 N–H and O–H groups in total. The van der Waals surface area contributed by atoms with E-state index in [1.54, 1.807) is 62.6 Å². The second-order valence-electron chi connectivity index (χ2n) is 6.56. The lowest BCUT2D eigenvalue weighted by Crippen LogP contribution is -2.25. The van der Waals surface area contributed by atoms with E-state index in [0.717, 1.165) is 12.1 Å². The molecule has 30 heavy (non-hydrogen) atoms. The van der Waals surface area contributed by atoms with Gasteiger partial charge in [-0.25, -0.2) is 0 Å². The Bertz CT molecular complexity index is 835. The van der Waals surface area contributed by atoms with Gasteiger partial charge in [0.25, 0.3) is 5.91 Å². The summed E-state index contributed by atoms with van der Waals surface area (Å²) in [4.78, 5) is 35.5. The highest BCUT2D eigenvalue weighted by molar-refractivity contribution is 5.96. The molecule has 0 aromatic heterocycles. The van der Waals surface area contributed by atoms with Crippen molar-refractivity contribution >= 4 is 34.8 Å². The Balaban J connectivity index is 1.76. The fourth-order valence-corrected chi connectivity index (χ4v) is 2.53. The van der Waals surface area contributed by atoms with Crippen molar-refractivity contribution in [1.29, 1.82) is 0 Å². The Labute approximate surface area is 176 Å². The molecule has 0 heterocycles. The van der Waals surface area contributed by atoms with Crippen LogP contribution in [0.15, 0.2) is 48.5 Å². The molecule has 0 aliphatic rings. The van der Waals surface area contributed by atoms with E-state index in [0.29, 0.717) is 36.5 Å². The topological polar surface area (TPSA) is 109 Å². The van der Waals surface area contributed by atoms with Gasteiger partial charge in [0.05, 0.1) is 6.54 Å². The summed E-state index contributed by atoms with van der Waals surface area (Å²) in [6.45, 7) is 3.02. The first-order chi connectivity index (χ1) is 14.5. The molecule has 2 rings (SSSR count). The van der Waals surface area contributed by atoms with E-state index in [4.69, 9.17) is 4.74 Å². The smallest absolute Gasteiger partial charge is 0.251 e. The molecule has 3 amide bonds. The monoisotopic (exact) mass is 412 g/mol. The van der Waals surface area contributed by atoms with Crippen molar-refractivity contribution in [3.8, 4) is 0 Å². The van der Waals surface area contributed by atoms with Gasteiger partial charge in [0, 0.05) is 49.3 Å². The fraction of sp³-hybridized carbons (Fsp3) is 0.318. The zero-order valence-electron chi connectivity index (χ0n) is 17.3. The number of ether oxygens (including phenoxy) is 1. The molecule has 0 fully saturated rings. The minimum absolute atomic E-state index is 0.0643. The summed E-state index contributed by atoms with van der Waals surface area (Å²) in [5.74, 6) is -0.417. The Morgan fingerprint density at radius 3 is 1.97 bits per heavy atom. The number of methoxy groups -OCH3 is 1. The van der Waals surface area contributed by atoms with Crippen LogP contribution in [0, 0.1) is 0 Å². The molecular formula is C22H28N4O4. The van der Waals surface area contributed by atoms with Crippen molar-refractivity contribution in [2.45, 2.75) is 19.8 Å². The molecule has 8 heteroatoms. The Morgan fingerprint density at radius 2 is 1.40 bits per heavy atom. The van der Waals surface area contributed by atoms with Gasteiger partial charge < -0.3 is 26.0 Å². The SMILES string of the molecule is CCC(=O)Nc1ccc(NC(=O)CNc2ccc(C(=O)NCCCOC)cc2)cc1. The van der Waals surface area contributed by atoms with Crippen LogP contribution in [0.4, 0.5) is 17.1 Å². The van der Waals surface area contributed by atoms with Crippen molar-refractivity contribution in [1.82, 2.24) is 5.32 Å². The maximum Gasteiger partial charge on any atom is 0.251 e. The average Bonchev–Trinajstić information content (AvgIpc) is 2.76. The second kappa shape index (κ2) is 12.2. The number of carbonyl (C=O) groups excluding carboxylic acids is 3. The summed E-state index contributed by atoms with van der Waals surface area (Å²) in [6.07, 6.45) is 1.16. The maximum atomic E-state index is 12.1. The van der Waals surface area contributed by atoms with Crippen LogP contribution in [0.25, 0.3) is 0 Å². The van der Waals surface area contributed by atoms with Crippen LogP contribution in [0.1, 0.15) is 30.1 Å². The lowest BCUT2D eigenvalue weighted by Gasteiger charge is -2.10. The van der Waals surface area contributed by atoms with Crippen LogP contribution in [0.3, 0.4) is 0 Å². The minimum atomic E-state index is -0.208. The molecule has 2 aromatic carbocycles. The van der Waals surface area contributed by atoms with Crippen molar-refractivity contribution in [3.05, 3.63) is 54.1 Å². The van der Waals surface area contributed by atoms with Crippen molar-refractivity contribution in [2.75, 3.05) is 42.8 Å². The third-order valence-corrected chi connectivity index (χ3v) is 4.18. The molecule has 0 saturated heterocycles. The van der Waals surface area contributed by atoms with Crippen LogP contribution in [0.5, 0.6) is 0 Å². The van der Waals surface area contributed by atoms with Gasteiger partial charge in [-0.15, -0.1) is 0 Å². The molecule has 0 unspecified atom stereocenters. The molecule has 160 valence electrons. The van der Waals surface area contributed by atoms with Gasteiger partial charge in [-0.1, -0.05) is 6.92 Å². The van der Waals surface area contributed by atoms with E-state index < -0.39 is 0 Å². The van der Waals surface area contributed by atoms with E-state index in [1.165, 1.54) is 0 Å². The lowest BCUT2D eigenvalue weighted by atomic mass is 10.2. The highest BCUT2D eigenvalue weighted by atomic mass is 16.5. The zero-order chi connectivity index (χ0) is 21.8. The summed E-state index contributed by atoms with van der Waals surface area (Å²) in [6, 6.07) is 13.8. The summed E-state index contributed by atoms with van der Waals surface area (Å²) in [5, 5.41) is 11.4. The summed E-state index contributed by atoms with van der Waals surface area (Å²) >= 11 is 0. The van der Waals surface area contributed by atoms with Gasteiger partial charge in [0.1, 0.15) is 0 Å². The highest BCUT2D eigenvalue weighted by Crippen LogP contribution is 2.14. The second-order valence-corrected chi connectivity index (χ2v) is 6.56. The van der Waals surface area contributed by atoms with Crippen LogP contribution in [-0.4, -0.2) is 44.5 Å². The van der Waals surface area contributed by atoms with Gasteiger partial charge in [-0.3, -0.25) is 14.4 Å². The predicted octanol–water partition coefficient (Wildman–Crippen LogP) is 2.85. The number of rotatable bonds is 11. The van der Waals surface area contributed by atoms with Crippen molar-refractivity contribution in [3.63, 3.8) is 0 Å². The number of hydrogen-bond donors (Lipinski definition) is 4. The van der Waals surface area contributed by atoms with Crippen molar-refractivity contribution in [2.24, 2.45) is 0 Å². The number of nitrogens with one attached hydrogen (secondary N) is 4. The quantitative estimate of drug-likeness (QED) is 0.425. The summed E-state index contributed by atoms with van der Waals surface area (Å²) < 4.78 is 4.94. The molecule has 0 aliphatic carbocycles. The molecule has 0 radical (unpaired) electrons. The molecule has 2 aromatic rings. The average molecular weight is 412 g/mol. The standard InChI is InChI=1S/C22H28N4O4/c1-3-20(27)25-18-9-11-19(12-10-18)26-21(28)15-24-17-7-5-16(6-8-17)22(29)23-13-4-14-30-2/h5-12,24H,3-4,13-15H2,1-2H3,(H,23,29)(H,25,27)(H,26,28). The molecular weight excluding hydrogens is 384 g/mol. The Morgan fingerprint density at radius 1 is 0.833 bits per heavy atom. The maximum absolute atomic E-state index is 12.1. The number of carbonyl (C=O) groups is 3. The van der Waals surface area contributed by atoms with E-state index in [9.17, 15) is 14.4 Å². The fourth-order valence-electron chi connectivity index (χ4n) is 2.53. The molecule has 0 saturated carbocycles. The van der Waals surface area contributed by atoms with E-state index >= 15 is 0 Å². The first-order valence-electron chi connectivity index (χ1n) is 9.82. The normalized spacial score (nSPS) is 10.2. The molecule has 0 aliphatic heterocycles. The lowest BCUT2D eigenvalue weighted by molar-refractivity contribution is -0.116. The molecule has 0 atom stereocenters. The minimum Gasteiger partial charge on any atom is -0.385 e. The van der Waals surface area contributed by atoms with Gasteiger partial charge in [0.2, 0.25) is 11.8 Å². The zero-order valence-corrected chi connectivity index (χ0v) is 17.3. The van der Waals surface area contributed by atoms with Gasteiger partial charge in [-0.2, -0.15) is 0 Å². The van der Waals surface area contributed by atoms with Crippen LogP contribution >= 0.6 is 0 Å². The largest absolute Gasteiger partial charge is 0.385 e. The van der Waals surface area contributed by atoms with Gasteiger partial charge in [0.15, 0.2) is 0 Å². The predicted molar refractivity (Wildman–Crippen MR) is 118 cm³/mol. The third kappa shape index (κ3) is 7.92.